The second-order valence-electron chi connectivity index (χ2n) is 7.32. The van der Waals surface area contributed by atoms with Gasteiger partial charge < -0.3 is 4.90 Å². The summed E-state index contributed by atoms with van der Waals surface area (Å²) in [6, 6.07) is 12.3. The van der Waals surface area contributed by atoms with Gasteiger partial charge in [0.15, 0.2) is 0 Å². The zero-order chi connectivity index (χ0) is 20.1. The van der Waals surface area contributed by atoms with Gasteiger partial charge in [0.25, 0.3) is 0 Å². The van der Waals surface area contributed by atoms with Crippen molar-refractivity contribution in [2.75, 3.05) is 52.6 Å². The summed E-state index contributed by atoms with van der Waals surface area (Å²) in [7, 11) is 0.100. The first-order chi connectivity index (χ1) is 13.3. The van der Waals surface area contributed by atoms with E-state index < -0.39 is 10.0 Å². The molecule has 154 valence electrons. The van der Waals surface area contributed by atoms with Crippen LogP contribution in [0.3, 0.4) is 0 Å². The Hall–Kier alpha value is -0.960. The molecule has 1 saturated heterocycles. The first-order valence-electron chi connectivity index (χ1n) is 9.54. The van der Waals surface area contributed by atoms with Crippen molar-refractivity contribution >= 4 is 33.0 Å². The topological polar surface area (TPSA) is 43.9 Å². The number of thiophene rings is 1. The van der Waals surface area contributed by atoms with E-state index in [4.69, 9.17) is 11.6 Å². The Kier molecular flexibility index (Phi) is 7.53. The number of halogens is 1. The van der Waals surface area contributed by atoms with E-state index in [9.17, 15) is 8.42 Å². The predicted octanol–water partition coefficient (Wildman–Crippen LogP) is 3.47. The van der Waals surface area contributed by atoms with Crippen LogP contribution in [0.4, 0.5) is 0 Å². The zero-order valence-corrected chi connectivity index (χ0v) is 18.9. The highest BCUT2D eigenvalue weighted by Gasteiger charge is 2.19. The van der Waals surface area contributed by atoms with Crippen LogP contribution in [-0.2, 0) is 16.6 Å². The molecular formula is C20H28ClN3O2S2. The standard InChI is InChI=1S/C20H28ClN3O2S2/c1-22(2)28(25,26)15-5-10-23-11-13-24(14-12-23)16-17-8-9-20(27-17)18-6-3-4-7-19(18)21/h3-4,6-9H,5,10-16H2,1-2H3. The van der Waals surface area contributed by atoms with E-state index in [1.807, 2.05) is 18.2 Å². The molecule has 28 heavy (non-hydrogen) atoms. The average Bonchev–Trinajstić information content (AvgIpc) is 3.11. The number of nitrogens with zero attached hydrogens (tertiary/aromatic N) is 3. The van der Waals surface area contributed by atoms with Gasteiger partial charge in [-0.2, -0.15) is 0 Å². The summed E-state index contributed by atoms with van der Waals surface area (Å²) in [5.41, 5.74) is 1.10. The molecule has 0 unspecified atom stereocenters. The van der Waals surface area contributed by atoms with Crippen molar-refractivity contribution in [1.29, 1.82) is 0 Å². The van der Waals surface area contributed by atoms with Crippen LogP contribution < -0.4 is 0 Å². The van der Waals surface area contributed by atoms with Crippen LogP contribution in [0.25, 0.3) is 10.4 Å². The molecule has 1 aromatic carbocycles. The van der Waals surface area contributed by atoms with Gasteiger partial charge in [-0.3, -0.25) is 4.90 Å². The highest BCUT2D eigenvalue weighted by Crippen LogP contribution is 2.33. The third kappa shape index (κ3) is 5.78. The fourth-order valence-corrected chi connectivity index (χ4v) is 5.56. The molecule has 8 heteroatoms. The molecule has 1 aliphatic rings. The molecule has 3 rings (SSSR count). The van der Waals surface area contributed by atoms with Crippen molar-refractivity contribution in [3.8, 4) is 10.4 Å². The lowest BCUT2D eigenvalue weighted by Crippen LogP contribution is -2.46. The molecular weight excluding hydrogens is 414 g/mol. The van der Waals surface area contributed by atoms with Gasteiger partial charge in [0.1, 0.15) is 0 Å². The first-order valence-corrected chi connectivity index (χ1v) is 12.3. The quantitative estimate of drug-likeness (QED) is 0.629. The molecule has 0 aliphatic carbocycles. The van der Waals surface area contributed by atoms with E-state index in [1.54, 1.807) is 25.4 Å². The molecule has 1 aliphatic heterocycles. The number of sulfonamides is 1. The number of hydrogen-bond acceptors (Lipinski definition) is 5. The summed E-state index contributed by atoms with van der Waals surface area (Å²) in [6.07, 6.45) is 0.687. The molecule has 5 nitrogen and oxygen atoms in total. The number of piperazine rings is 1. The minimum Gasteiger partial charge on any atom is -0.301 e. The lowest BCUT2D eigenvalue weighted by molar-refractivity contribution is 0.128. The van der Waals surface area contributed by atoms with Gasteiger partial charge >= 0.3 is 0 Å². The van der Waals surface area contributed by atoms with Gasteiger partial charge in [-0.15, -0.1) is 11.3 Å². The zero-order valence-electron chi connectivity index (χ0n) is 16.5. The van der Waals surface area contributed by atoms with Gasteiger partial charge in [-0.25, -0.2) is 12.7 Å². The summed E-state index contributed by atoms with van der Waals surface area (Å²) in [5.74, 6) is 0.222. The fourth-order valence-electron chi connectivity index (χ4n) is 3.31. The van der Waals surface area contributed by atoms with Crippen LogP contribution in [0.15, 0.2) is 36.4 Å². The second-order valence-corrected chi connectivity index (χ2v) is 11.2. The van der Waals surface area contributed by atoms with Crippen molar-refractivity contribution in [2.24, 2.45) is 0 Å². The van der Waals surface area contributed by atoms with E-state index in [-0.39, 0.29) is 5.75 Å². The Morgan fingerprint density at radius 1 is 1.04 bits per heavy atom. The molecule has 2 heterocycles. The summed E-state index contributed by atoms with van der Waals surface area (Å²) >= 11 is 8.12. The Morgan fingerprint density at radius 2 is 1.71 bits per heavy atom. The first kappa shape index (κ1) is 21.7. The molecule has 0 amide bonds. The molecule has 0 atom stereocenters. The lowest BCUT2D eigenvalue weighted by Gasteiger charge is -2.34. The highest BCUT2D eigenvalue weighted by molar-refractivity contribution is 7.89. The minimum atomic E-state index is -3.09. The third-order valence-electron chi connectivity index (χ3n) is 5.08. The summed E-state index contributed by atoms with van der Waals surface area (Å²) < 4.78 is 25.0. The third-order valence-corrected chi connectivity index (χ3v) is 8.43. The van der Waals surface area contributed by atoms with Crippen LogP contribution in [0, 0.1) is 0 Å². The SMILES string of the molecule is CN(C)S(=O)(=O)CCCN1CCN(Cc2ccc(-c3ccccc3Cl)s2)CC1. The predicted molar refractivity (Wildman–Crippen MR) is 119 cm³/mol. The maximum atomic E-state index is 11.8. The van der Waals surface area contributed by atoms with Crippen molar-refractivity contribution in [2.45, 2.75) is 13.0 Å². The second kappa shape index (κ2) is 9.69. The normalized spacial score (nSPS) is 16.7. The molecule has 1 aromatic heterocycles. The van der Waals surface area contributed by atoms with Crippen molar-refractivity contribution in [1.82, 2.24) is 14.1 Å². The van der Waals surface area contributed by atoms with Crippen LogP contribution in [-0.4, -0.2) is 75.1 Å². The molecule has 0 radical (unpaired) electrons. The number of rotatable bonds is 8. The molecule has 0 N–H and O–H groups in total. The fraction of sp³-hybridized carbons (Fsp3) is 0.500. The Morgan fingerprint density at radius 3 is 2.39 bits per heavy atom. The lowest BCUT2D eigenvalue weighted by atomic mass is 10.2. The summed E-state index contributed by atoms with van der Waals surface area (Å²) in [5, 5.41) is 0.792. The van der Waals surface area contributed by atoms with E-state index in [1.165, 1.54) is 14.1 Å². The molecule has 2 aromatic rings. The molecule has 0 spiro atoms. The van der Waals surface area contributed by atoms with Gasteiger partial charge in [-0.1, -0.05) is 29.8 Å². The van der Waals surface area contributed by atoms with Crippen LogP contribution in [0.1, 0.15) is 11.3 Å². The van der Waals surface area contributed by atoms with E-state index >= 15 is 0 Å². The number of benzene rings is 1. The largest absolute Gasteiger partial charge is 0.301 e. The minimum absolute atomic E-state index is 0.222. The van der Waals surface area contributed by atoms with Gasteiger partial charge in [0.2, 0.25) is 10.0 Å². The van der Waals surface area contributed by atoms with Crippen molar-refractivity contribution in [3.05, 3.63) is 46.3 Å². The maximum absolute atomic E-state index is 11.8. The summed E-state index contributed by atoms with van der Waals surface area (Å²) in [6.45, 7) is 5.81. The molecule has 0 saturated carbocycles. The Labute approximate surface area is 177 Å². The Balaban J connectivity index is 1.44. The average molecular weight is 442 g/mol. The van der Waals surface area contributed by atoms with Crippen LogP contribution >= 0.6 is 22.9 Å². The number of hydrogen-bond donors (Lipinski definition) is 0. The van der Waals surface area contributed by atoms with Crippen molar-refractivity contribution < 1.29 is 8.42 Å². The van der Waals surface area contributed by atoms with Crippen LogP contribution in [0.5, 0.6) is 0 Å². The molecule has 1 fully saturated rings. The van der Waals surface area contributed by atoms with Crippen molar-refractivity contribution in [3.63, 3.8) is 0 Å². The summed E-state index contributed by atoms with van der Waals surface area (Å²) in [4.78, 5) is 7.39. The van der Waals surface area contributed by atoms with E-state index in [2.05, 4.69) is 28.0 Å². The Bertz CT molecular complexity index is 875. The van der Waals surface area contributed by atoms with Gasteiger partial charge in [-0.05, 0) is 31.2 Å². The smallest absolute Gasteiger partial charge is 0.213 e. The molecule has 0 bridgehead atoms. The van der Waals surface area contributed by atoms with Gasteiger partial charge in [0.05, 0.1) is 5.75 Å². The monoisotopic (exact) mass is 441 g/mol. The maximum Gasteiger partial charge on any atom is 0.213 e. The van der Waals surface area contributed by atoms with Gasteiger partial charge in [0, 0.05) is 67.2 Å². The van der Waals surface area contributed by atoms with E-state index in [0.717, 1.165) is 49.9 Å². The van der Waals surface area contributed by atoms with E-state index in [0.29, 0.717) is 6.42 Å². The highest BCUT2D eigenvalue weighted by atomic mass is 35.5. The van der Waals surface area contributed by atoms with Crippen LogP contribution in [0.2, 0.25) is 5.02 Å².